The average Bonchev–Trinajstić information content (AvgIpc) is 2.23. The predicted octanol–water partition coefficient (Wildman–Crippen LogP) is 0.816. The van der Waals surface area contributed by atoms with E-state index in [0.29, 0.717) is 13.1 Å². The second-order valence-corrected chi connectivity index (χ2v) is 4.29. The lowest BCUT2D eigenvalue weighted by Crippen LogP contribution is -2.44. The Morgan fingerprint density at radius 1 is 1.35 bits per heavy atom. The zero-order valence-electron chi connectivity index (χ0n) is 11.1. The van der Waals surface area contributed by atoms with Crippen LogP contribution in [0.1, 0.15) is 20.8 Å². The van der Waals surface area contributed by atoms with Gasteiger partial charge in [-0.3, -0.25) is 14.5 Å². The summed E-state index contributed by atoms with van der Waals surface area (Å²) in [4.78, 5) is 25.8. The van der Waals surface area contributed by atoms with E-state index in [1.807, 2.05) is 13.8 Å². The maximum absolute atomic E-state index is 11.9. The molecule has 0 radical (unpaired) electrons. The first-order valence-corrected chi connectivity index (χ1v) is 5.64. The summed E-state index contributed by atoms with van der Waals surface area (Å²) in [6, 6.07) is -0.664. The van der Waals surface area contributed by atoms with Gasteiger partial charge in [0.15, 0.2) is 0 Å². The largest absolute Gasteiger partial charge is 0.480 e. The molecule has 0 aliphatic heterocycles. The van der Waals surface area contributed by atoms with Gasteiger partial charge >= 0.3 is 5.97 Å². The SMILES string of the molecule is C=C(C)CN(CC)C(=O)CN(C)C(C)C(=O)O. The molecule has 5 heteroatoms. The standard InChI is InChI=1S/C12H22N2O3/c1-6-14(7-9(2)3)11(15)8-13(5)10(4)12(16)17/h10H,2,6-8H2,1,3-5H3,(H,16,17). The summed E-state index contributed by atoms with van der Waals surface area (Å²) < 4.78 is 0. The number of carboxylic acid groups (broad SMARTS) is 1. The highest BCUT2D eigenvalue weighted by Crippen LogP contribution is 2.01. The van der Waals surface area contributed by atoms with Crippen LogP contribution in [-0.4, -0.2) is 59.5 Å². The second kappa shape index (κ2) is 7.06. The van der Waals surface area contributed by atoms with Crippen LogP contribution in [0.25, 0.3) is 0 Å². The molecule has 0 aromatic carbocycles. The molecule has 0 saturated carbocycles. The van der Waals surface area contributed by atoms with Crippen molar-refractivity contribution >= 4 is 11.9 Å². The molecule has 0 aromatic heterocycles. The smallest absolute Gasteiger partial charge is 0.320 e. The van der Waals surface area contributed by atoms with Crippen molar-refractivity contribution < 1.29 is 14.7 Å². The van der Waals surface area contributed by atoms with Crippen LogP contribution in [0.4, 0.5) is 0 Å². The summed E-state index contributed by atoms with van der Waals surface area (Å²) in [6.45, 7) is 10.3. The van der Waals surface area contributed by atoms with Gasteiger partial charge in [-0.25, -0.2) is 0 Å². The van der Waals surface area contributed by atoms with Crippen LogP contribution in [0, 0.1) is 0 Å². The molecular formula is C12H22N2O3. The maximum Gasteiger partial charge on any atom is 0.320 e. The molecule has 1 amide bonds. The summed E-state index contributed by atoms with van der Waals surface area (Å²) in [5.41, 5.74) is 0.911. The summed E-state index contributed by atoms with van der Waals surface area (Å²) in [7, 11) is 1.63. The van der Waals surface area contributed by atoms with Crippen molar-refractivity contribution in [2.24, 2.45) is 0 Å². The number of carboxylic acids is 1. The van der Waals surface area contributed by atoms with Crippen molar-refractivity contribution in [1.82, 2.24) is 9.80 Å². The van der Waals surface area contributed by atoms with Gasteiger partial charge in [0.25, 0.3) is 0 Å². The summed E-state index contributed by atoms with van der Waals surface area (Å²) in [6.07, 6.45) is 0. The van der Waals surface area contributed by atoms with Crippen molar-refractivity contribution in [2.45, 2.75) is 26.8 Å². The fourth-order valence-electron chi connectivity index (χ4n) is 1.34. The van der Waals surface area contributed by atoms with Crippen LogP contribution in [0.5, 0.6) is 0 Å². The number of carbonyl (C=O) groups excluding carboxylic acids is 1. The molecular weight excluding hydrogens is 220 g/mol. The van der Waals surface area contributed by atoms with E-state index in [-0.39, 0.29) is 12.5 Å². The third-order valence-electron chi connectivity index (χ3n) is 2.60. The molecule has 5 nitrogen and oxygen atoms in total. The van der Waals surface area contributed by atoms with Gasteiger partial charge in [-0.2, -0.15) is 0 Å². The minimum atomic E-state index is -0.928. The molecule has 0 aliphatic carbocycles. The molecule has 0 aliphatic rings. The summed E-state index contributed by atoms with van der Waals surface area (Å²) in [5, 5.41) is 8.83. The molecule has 0 spiro atoms. The fraction of sp³-hybridized carbons (Fsp3) is 0.667. The van der Waals surface area contributed by atoms with Gasteiger partial charge in [0, 0.05) is 13.1 Å². The molecule has 17 heavy (non-hydrogen) atoms. The van der Waals surface area contributed by atoms with E-state index in [2.05, 4.69) is 6.58 Å². The Bertz CT molecular complexity index is 302. The minimum Gasteiger partial charge on any atom is -0.480 e. The van der Waals surface area contributed by atoms with Gasteiger partial charge in [-0.05, 0) is 27.8 Å². The van der Waals surface area contributed by atoms with E-state index >= 15 is 0 Å². The van der Waals surface area contributed by atoms with Gasteiger partial charge in [-0.15, -0.1) is 0 Å². The lowest BCUT2D eigenvalue weighted by atomic mass is 10.2. The molecule has 98 valence electrons. The van der Waals surface area contributed by atoms with Gasteiger partial charge in [0.1, 0.15) is 6.04 Å². The molecule has 1 atom stereocenters. The molecule has 0 bridgehead atoms. The normalized spacial score (nSPS) is 12.3. The highest BCUT2D eigenvalue weighted by molar-refractivity contribution is 5.80. The highest BCUT2D eigenvalue weighted by atomic mass is 16.4. The zero-order valence-corrected chi connectivity index (χ0v) is 11.1. The third-order valence-corrected chi connectivity index (χ3v) is 2.60. The first kappa shape index (κ1) is 15.6. The van der Waals surface area contributed by atoms with Gasteiger partial charge in [0.05, 0.1) is 6.54 Å². The molecule has 0 saturated heterocycles. The first-order valence-electron chi connectivity index (χ1n) is 5.64. The molecule has 1 N–H and O–H groups in total. The molecule has 0 rings (SSSR count). The van der Waals surface area contributed by atoms with Gasteiger partial charge in [0.2, 0.25) is 5.91 Å². The fourth-order valence-corrected chi connectivity index (χ4v) is 1.34. The van der Waals surface area contributed by atoms with Crippen molar-refractivity contribution in [1.29, 1.82) is 0 Å². The average molecular weight is 242 g/mol. The second-order valence-electron chi connectivity index (χ2n) is 4.29. The number of nitrogens with zero attached hydrogens (tertiary/aromatic N) is 2. The van der Waals surface area contributed by atoms with Gasteiger partial charge in [-0.1, -0.05) is 12.2 Å². The Hall–Kier alpha value is -1.36. The van der Waals surface area contributed by atoms with E-state index in [4.69, 9.17) is 5.11 Å². The van der Waals surface area contributed by atoms with E-state index in [1.54, 1.807) is 18.9 Å². The molecule has 1 unspecified atom stereocenters. The number of rotatable bonds is 7. The number of hydrogen-bond donors (Lipinski definition) is 1. The van der Waals surface area contributed by atoms with E-state index in [9.17, 15) is 9.59 Å². The van der Waals surface area contributed by atoms with Crippen LogP contribution in [-0.2, 0) is 9.59 Å². The van der Waals surface area contributed by atoms with Crippen molar-refractivity contribution in [2.75, 3.05) is 26.7 Å². The van der Waals surface area contributed by atoms with Crippen molar-refractivity contribution in [3.8, 4) is 0 Å². The predicted molar refractivity (Wildman–Crippen MR) is 66.8 cm³/mol. The zero-order chi connectivity index (χ0) is 13.6. The lowest BCUT2D eigenvalue weighted by Gasteiger charge is -2.26. The molecule has 0 fully saturated rings. The Morgan fingerprint density at radius 3 is 2.24 bits per heavy atom. The molecule has 0 aromatic rings. The third kappa shape index (κ3) is 5.49. The van der Waals surface area contributed by atoms with E-state index < -0.39 is 12.0 Å². The van der Waals surface area contributed by atoms with E-state index in [0.717, 1.165) is 5.57 Å². The number of hydrogen-bond acceptors (Lipinski definition) is 3. The van der Waals surface area contributed by atoms with Crippen LogP contribution < -0.4 is 0 Å². The quantitative estimate of drug-likeness (QED) is 0.671. The van der Waals surface area contributed by atoms with E-state index in [1.165, 1.54) is 4.90 Å². The van der Waals surface area contributed by atoms with Crippen LogP contribution in [0.15, 0.2) is 12.2 Å². The Morgan fingerprint density at radius 2 is 1.88 bits per heavy atom. The van der Waals surface area contributed by atoms with Gasteiger partial charge < -0.3 is 10.0 Å². The maximum atomic E-state index is 11.9. The topological polar surface area (TPSA) is 60.9 Å². The summed E-state index contributed by atoms with van der Waals surface area (Å²) >= 11 is 0. The van der Waals surface area contributed by atoms with Crippen LogP contribution in [0.2, 0.25) is 0 Å². The molecule has 0 heterocycles. The highest BCUT2D eigenvalue weighted by Gasteiger charge is 2.21. The van der Waals surface area contributed by atoms with Crippen LogP contribution >= 0.6 is 0 Å². The monoisotopic (exact) mass is 242 g/mol. The lowest BCUT2D eigenvalue weighted by molar-refractivity contribution is -0.143. The number of amides is 1. The van der Waals surface area contributed by atoms with Crippen molar-refractivity contribution in [3.05, 3.63) is 12.2 Å². The Kier molecular flexibility index (Phi) is 6.50. The Balaban J connectivity index is 4.40. The van der Waals surface area contributed by atoms with Crippen molar-refractivity contribution in [3.63, 3.8) is 0 Å². The number of likely N-dealkylation sites (N-methyl/N-ethyl adjacent to an activating group) is 2. The first-order chi connectivity index (χ1) is 7.79. The Labute approximate surface area is 103 Å². The summed E-state index contributed by atoms with van der Waals surface area (Å²) in [5.74, 6) is -1.01. The number of carbonyl (C=O) groups is 2. The minimum absolute atomic E-state index is 0.0777. The van der Waals surface area contributed by atoms with Crippen LogP contribution in [0.3, 0.4) is 0 Å². The number of aliphatic carboxylic acids is 1.